The topological polar surface area (TPSA) is 84.7 Å². The number of nitrogens with zero attached hydrogens (tertiary/aromatic N) is 4. The highest BCUT2D eigenvalue weighted by molar-refractivity contribution is 7.89. The Kier molecular flexibility index (Phi) is 5.46. The largest absolute Gasteiger partial charge is 0.383 e. The van der Waals surface area contributed by atoms with Crippen molar-refractivity contribution in [2.45, 2.75) is 43.7 Å². The smallest absolute Gasteiger partial charge is 0.274 e. The standard InChI is InChI=1S/C20H26N4O4S/c1-15-7-5-6-10-23(15)20(25)19-17-13-22(11-12-28-2)29(26,27)18-9-4-3-8-16(18)24(17)14-21-19/h3-4,8-9,14-15H,5-7,10-13H2,1-2H3. The van der Waals surface area contributed by atoms with Gasteiger partial charge in [-0.3, -0.25) is 9.36 Å². The van der Waals surface area contributed by atoms with Crippen LogP contribution in [-0.4, -0.2) is 65.9 Å². The van der Waals surface area contributed by atoms with Gasteiger partial charge in [0.2, 0.25) is 10.0 Å². The lowest BCUT2D eigenvalue weighted by Crippen LogP contribution is -2.42. The number of para-hydroxylation sites is 1. The molecule has 1 aromatic carbocycles. The number of sulfonamides is 1. The summed E-state index contributed by atoms with van der Waals surface area (Å²) >= 11 is 0. The number of carbonyl (C=O) groups excluding carboxylic acids is 1. The predicted octanol–water partition coefficient (Wildman–Crippen LogP) is 2.04. The predicted molar refractivity (Wildman–Crippen MR) is 107 cm³/mol. The van der Waals surface area contributed by atoms with Crippen molar-refractivity contribution in [1.82, 2.24) is 18.8 Å². The van der Waals surface area contributed by atoms with E-state index in [-0.39, 0.29) is 36.5 Å². The number of benzene rings is 1. The average Bonchev–Trinajstić information content (AvgIpc) is 3.10. The van der Waals surface area contributed by atoms with E-state index in [4.69, 9.17) is 4.74 Å². The van der Waals surface area contributed by atoms with Gasteiger partial charge in [0.05, 0.1) is 24.5 Å². The zero-order chi connectivity index (χ0) is 20.6. The number of imidazole rings is 1. The zero-order valence-electron chi connectivity index (χ0n) is 16.7. The molecule has 0 saturated carbocycles. The number of piperidine rings is 1. The number of likely N-dealkylation sites (tertiary alicyclic amines) is 1. The number of rotatable bonds is 4. The van der Waals surface area contributed by atoms with Gasteiger partial charge in [-0.05, 0) is 38.3 Å². The zero-order valence-corrected chi connectivity index (χ0v) is 17.6. The molecule has 1 atom stereocenters. The number of methoxy groups -OCH3 is 1. The molecule has 0 aliphatic carbocycles. The van der Waals surface area contributed by atoms with Crippen LogP contribution in [0.25, 0.3) is 5.69 Å². The lowest BCUT2D eigenvalue weighted by atomic mass is 10.0. The van der Waals surface area contributed by atoms with Crippen molar-refractivity contribution < 1.29 is 17.9 Å². The molecule has 1 aromatic heterocycles. The van der Waals surface area contributed by atoms with Gasteiger partial charge in [-0.2, -0.15) is 4.31 Å². The van der Waals surface area contributed by atoms with Crippen molar-refractivity contribution in [3.63, 3.8) is 0 Å². The van der Waals surface area contributed by atoms with Crippen molar-refractivity contribution in [3.8, 4) is 5.69 Å². The Balaban J connectivity index is 1.82. The molecule has 0 N–H and O–H groups in total. The third-order valence-electron chi connectivity index (χ3n) is 5.75. The molecule has 0 bridgehead atoms. The Morgan fingerprint density at radius 2 is 2.07 bits per heavy atom. The van der Waals surface area contributed by atoms with Crippen molar-refractivity contribution >= 4 is 15.9 Å². The van der Waals surface area contributed by atoms with Gasteiger partial charge in [-0.15, -0.1) is 0 Å². The third kappa shape index (κ3) is 3.47. The van der Waals surface area contributed by atoms with Crippen LogP contribution in [0.15, 0.2) is 35.5 Å². The van der Waals surface area contributed by atoms with Gasteiger partial charge in [0.25, 0.3) is 5.91 Å². The molecule has 156 valence electrons. The van der Waals surface area contributed by atoms with E-state index in [1.165, 1.54) is 11.4 Å². The van der Waals surface area contributed by atoms with E-state index in [0.29, 0.717) is 23.6 Å². The summed E-state index contributed by atoms with van der Waals surface area (Å²) in [4.78, 5) is 19.8. The molecule has 0 radical (unpaired) electrons. The lowest BCUT2D eigenvalue weighted by Gasteiger charge is -2.33. The summed E-state index contributed by atoms with van der Waals surface area (Å²) in [5, 5.41) is 0. The van der Waals surface area contributed by atoms with Gasteiger partial charge in [-0.25, -0.2) is 13.4 Å². The number of ether oxygens (including phenoxy) is 1. The number of hydrogen-bond acceptors (Lipinski definition) is 5. The van der Waals surface area contributed by atoms with Crippen molar-refractivity contribution in [2.75, 3.05) is 26.8 Å². The fourth-order valence-corrected chi connectivity index (χ4v) is 5.67. The fraction of sp³-hybridized carbons (Fsp3) is 0.500. The van der Waals surface area contributed by atoms with Crippen molar-refractivity contribution in [2.24, 2.45) is 0 Å². The Morgan fingerprint density at radius 3 is 2.83 bits per heavy atom. The first-order chi connectivity index (χ1) is 13.9. The summed E-state index contributed by atoms with van der Waals surface area (Å²) in [7, 11) is -2.19. The summed E-state index contributed by atoms with van der Waals surface area (Å²) in [6.45, 7) is 3.29. The minimum Gasteiger partial charge on any atom is -0.383 e. The van der Waals surface area contributed by atoms with Gasteiger partial charge < -0.3 is 9.64 Å². The number of amides is 1. The molecule has 1 saturated heterocycles. The SMILES string of the molecule is COCCN1Cc2c(C(=O)N3CCCCC3C)ncn2-c2ccccc2S1(=O)=O. The Morgan fingerprint density at radius 1 is 1.28 bits per heavy atom. The molecule has 1 unspecified atom stereocenters. The molecule has 3 heterocycles. The van der Waals surface area contributed by atoms with Crippen LogP contribution in [0.1, 0.15) is 42.4 Å². The Bertz CT molecular complexity index is 1020. The lowest BCUT2D eigenvalue weighted by molar-refractivity contribution is 0.0628. The van der Waals surface area contributed by atoms with Gasteiger partial charge in [0.1, 0.15) is 11.2 Å². The molecule has 0 spiro atoms. The molecule has 2 aliphatic heterocycles. The van der Waals surface area contributed by atoms with Gasteiger partial charge in [-0.1, -0.05) is 12.1 Å². The summed E-state index contributed by atoms with van der Waals surface area (Å²) in [5.41, 5.74) is 1.44. The van der Waals surface area contributed by atoms with E-state index >= 15 is 0 Å². The normalized spacial score (nSPS) is 21.3. The van der Waals surface area contributed by atoms with E-state index < -0.39 is 10.0 Å². The van der Waals surface area contributed by atoms with Crippen molar-refractivity contribution in [3.05, 3.63) is 42.0 Å². The molecule has 29 heavy (non-hydrogen) atoms. The van der Waals surface area contributed by atoms with Crippen molar-refractivity contribution in [1.29, 1.82) is 0 Å². The number of hydrogen-bond donors (Lipinski definition) is 0. The van der Waals surface area contributed by atoms with E-state index in [9.17, 15) is 13.2 Å². The van der Waals surface area contributed by atoms with Gasteiger partial charge in [0, 0.05) is 26.2 Å². The average molecular weight is 419 g/mol. The molecule has 8 nitrogen and oxygen atoms in total. The van der Waals surface area contributed by atoms with E-state index in [1.54, 1.807) is 35.2 Å². The van der Waals surface area contributed by atoms with Crippen LogP contribution in [0.5, 0.6) is 0 Å². The molecular formula is C20H26N4O4S. The molecule has 2 aliphatic rings. The maximum atomic E-state index is 13.3. The first-order valence-electron chi connectivity index (χ1n) is 9.91. The first kappa shape index (κ1) is 20.1. The maximum absolute atomic E-state index is 13.3. The van der Waals surface area contributed by atoms with Gasteiger partial charge >= 0.3 is 0 Å². The third-order valence-corrected chi connectivity index (χ3v) is 7.64. The summed E-state index contributed by atoms with van der Waals surface area (Å²) in [5.74, 6) is -0.130. The monoisotopic (exact) mass is 418 g/mol. The van der Waals surface area contributed by atoms with Crippen LogP contribution in [-0.2, 0) is 21.3 Å². The van der Waals surface area contributed by atoms with Crippen LogP contribution in [0.4, 0.5) is 0 Å². The number of carbonyl (C=O) groups is 1. The summed E-state index contributed by atoms with van der Waals surface area (Å²) in [6, 6.07) is 6.98. The molecular weight excluding hydrogens is 392 g/mol. The Hall–Kier alpha value is -2.23. The van der Waals surface area contributed by atoms with Crippen LogP contribution < -0.4 is 0 Å². The highest BCUT2D eigenvalue weighted by atomic mass is 32.2. The summed E-state index contributed by atoms with van der Waals surface area (Å²) in [6.07, 6.45) is 4.62. The maximum Gasteiger partial charge on any atom is 0.274 e. The number of fused-ring (bicyclic) bond motifs is 3. The van der Waals surface area contributed by atoms with Crippen LogP contribution >= 0.6 is 0 Å². The van der Waals surface area contributed by atoms with E-state index in [1.807, 2.05) is 4.90 Å². The second-order valence-electron chi connectivity index (χ2n) is 7.55. The first-order valence-corrected chi connectivity index (χ1v) is 11.3. The molecule has 4 rings (SSSR count). The summed E-state index contributed by atoms with van der Waals surface area (Å²) < 4.78 is 34.8. The van der Waals surface area contributed by atoms with E-state index in [0.717, 1.165) is 19.3 Å². The Labute approximate surface area is 171 Å². The van der Waals surface area contributed by atoms with Gasteiger partial charge in [0.15, 0.2) is 5.69 Å². The quantitative estimate of drug-likeness (QED) is 0.759. The molecule has 9 heteroatoms. The van der Waals surface area contributed by atoms with Crippen LogP contribution in [0.3, 0.4) is 0 Å². The molecule has 1 fully saturated rings. The minimum atomic E-state index is -3.73. The van der Waals surface area contributed by atoms with E-state index in [2.05, 4.69) is 11.9 Å². The second kappa shape index (κ2) is 7.89. The highest BCUT2D eigenvalue weighted by Gasteiger charge is 2.36. The fourth-order valence-electron chi connectivity index (χ4n) is 4.10. The highest BCUT2D eigenvalue weighted by Crippen LogP contribution is 2.32. The van der Waals surface area contributed by atoms with Crippen LogP contribution in [0, 0.1) is 0 Å². The molecule has 2 aromatic rings. The number of aromatic nitrogens is 2. The second-order valence-corrected chi connectivity index (χ2v) is 9.46. The minimum absolute atomic E-state index is 0.0731. The van der Waals surface area contributed by atoms with Crippen LogP contribution in [0.2, 0.25) is 0 Å². The molecule has 1 amide bonds.